The van der Waals surface area contributed by atoms with Crippen molar-refractivity contribution in [3.63, 3.8) is 0 Å². The molecule has 15 heavy (non-hydrogen) atoms. The molecule has 1 aliphatic rings. The Morgan fingerprint density at radius 2 is 1.73 bits per heavy atom. The molecule has 1 rings (SSSR count). The highest BCUT2D eigenvalue weighted by atomic mass is 16.1. The van der Waals surface area contributed by atoms with Crippen molar-refractivity contribution in [3.05, 3.63) is 0 Å². The third-order valence-electron chi connectivity index (χ3n) is 3.31. The van der Waals surface area contributed by atoms with Crippen LogP contribution in [0.3, 0.4) is 0 Å². The van der Waals surface area contributed by atoms with Crippen molar-refractivity contribution in [2.24, 2.45) is 5.92 Å². The minimum Gasteiger partial charge on any atom is -0.303 e. The summed E-state index contributed by atoms with van der Waals surface area (Å²) >= 11 is 0. The van der Waals surface area contributed by atoms with Crippen LogP contribution in [-0.4, -0.2) is 17.4 Å². The summed E-state index contributed by atoms with van der Waals surface area (Å²) in [6, 6.07) is 0.552. The number of carbonyl (C=O) groups is 1. The highest BCUT2D eigenvalue weighted by Gasteiger charge is 2.31. The molecule has 0 heterocycles. The Balaban J connectivity index is 2.50. The Morgan fingerprint density at radius 3 is 2.20 bits per heavy atom. The molecule has 1 N–H and O–H groups in total. The van der Waals surface area contributed by atoms with Gasteiger partial charge >= 0.3 is 0 Å². The molecule has 0 bridgehead atoms. The predicted molar refractivity (Wildman–Crippen MR) is 63.9 cm³/mol. The molecule has 2 nitrogen and oxygen atoms in total. The topological polar surface area (TPSA) is 29.1 Å². The van der Waals surface area contributed by atoms with Crippen molar-refractivity contribution in [2.45, 2.75) is 71.4 Å². The summed E-state index contributed by atoms with van der Waals surface area (Å²) in [5, 5.41) is 3.53. The van der Waals surface area contributed by atoms with Gasteiger partial charge in [-0.15, -0.1) is 0 Å². The van der Waals surface area contributed by atoms with Crippen molar-refractivity contribution < 1.29 is 4.79 Å². The van der Waals surface area contributed by atoms with E-state index in [0.29, 0.717) is 11.8 Å². The molecule has 88 valence electrons. The molecule has 1 saturated carbocycles. The van der Waals surface area contributed by atoms with Crippen LogP contribution in [0.2, 0.25) is 0 Å². The van der Waals surface area contributed by atoms with Crippen LogP contribution in [-0.2, 0) is 4.79 Å². The molecule has 0 aromatic carbocycles. The Hall–Kier alpha value is -0.370. The monoisotopic (exact) mass is 211 g/mol. The number of hydrogen-bond donors (Lipinski definition) is 1. The molecule has 1 fully saturated rings. The minimum absolute atomic E-state index is 0.121. The normalized spacial score (nSPS) is 19.5. The van der Waals surface area contributed by atoms with Crippen molar-refractivity contribution in [1.82, 2.24) is 5.32 Å². The first-order chi connectivity index (χ1) is 6.93. The molecule has 0 radical (unpaired) electrons. The van der Waals surface area contributed by atoms with Crippen molar-refractivity contribution in [2.75, 3.05) is 0 Å². The molecule has 0 unspecified atom stereocenters. The van der Waals surface area contributed by atoms with Crippen LogP contribution in [0.15, 0.2) is 0 Å². The standard InChI is InChI=1S/C13H25NO/c1-10(2)12(15)13(3,4)14-11-8-6-5-7-9-11/h10-11,14H,5-9H2,1-4H3. The lowest BCUT2D eigenvalue weighted by molar-refractivity contribution is -0.127. The fourth-order valence-electron chi connectivity index (χ4n) is 2.55. The highest BCUT2D eigenvalue weighted by Crippen LogP contribution is 2.21. The van der Waals surface area contributed by atoms with E-state index in [-0.39, 0.29) is 11.5 Å². The molecule has 1 aliphatic carbocycles. The average Bonchev–Trinajstić information content (AvgIpc) is 2.17. The van der Waals surface area contributed by atoms with Crippen LogP contribution >= 0.6 is 0 Å². The van der Waals surface area contributed by atoms with E-state index in [1.807, 2.05) is 27.7 Å². The Bertz CT molecular complexity index is 215. The highest BCUT2D eigenvalue weighted by molar-refractivity contribution is 5.89. The Morgan fingerprint density at radius 1 is 1.20 bits per heavy atom. The zero-order chi connectivity index (χ0) is 11.5. The van der Waals surface area contributed by atoms with E-state index < -0.39 is 0 Å². The van der Waals surface area contributed by atoms with Gasteiger partial charge in [-0.25, -0.2) is 0 Å². The van der Waals surface area contributed by atoms with Gasteiger partial charge in [0.15, 0.2) is 5.78 Å². The molecular formula is C13H25NO. The summed E-state index contributed by atoms with van der Waals surface area (Å²) in [6.45, 7) is 7.99. The zero-order valence-corrected chi connectivity index (χ0v) is 10.6. The van der Waals surface area contributed by atoms with Crippen LogP contribution in [0.4, 0.5) is 0 Å². The molecule has 0 aliphatic heterocycles. The molecule has 0 amide bonds. The third kappa shape index (κ3) is 3.60. The van der Waals surface area contributed by atoms with Gasteiger partial charge in [0.25, 0.3) is 0 Å². The Kier molecular flexibility index (Phi) is 4.32. The van der Waals surface area contributed by atoms with Crippen molar-refractivity contribution in [1.29, 1.82) is 0 Å². The second-order valence-corrected chi connectivity index (χ2v) is 5.62. The molecule has 0 aromatic rings. The summed E-state index contributed by atoms with van der Waals surface area (Å²) in [7, 11) is 0. The van der Waals surface area contributed by atoms with Crippen LogP contribution in [0.1, 0.15) is 59.8 Å². The van der Waals surface area contributed by atoms with Gasteiger partial charge in [0.2, 0.25) is 0 Å². The lowest BCUT2D eigenvalue weighted by Crippen LogP contribution is -2.53. The zero-order valence-electron chi connectivity index (χ0n) is 10.6. The average molecular weight is 211 g/mol. The van der Waals surface area contributed by atoms with Crippen LogP contribution in [0.5, 0.6) is 0 Å². The lowest BCUT2D eigenvalue weighted by atomic mass is 9.87. The quantitative estimate of drug-likeness (QED) is 0.774. The molecule has 0 atom stereocenters. The molecule has 0 saturated heterocycles. The van der Waals surface area contributed by atoms with Crippen molar-refractivity contribution in [3.8, 4) is 0 Å². The van der Waals surface area contributed by atoms with E-state index in [4.69, 9.17) is 0 Å². The van der Waals surface area contributed by atoms with E-state index in [1.54, 1.807) is 0 Å². The molecular weight excluding hydrogens is 186 g/mol. The van der Waals surface area contributed by atoms with Crippen molar-refractivity contribution >= 4 is 5.78 Å². The van der Waals surface area contributed by atoms with Gasteiger partial charge in [-0.3, -0.25) is 4.79 Å². The fraction of sp³-hybridized carbons (Fsp3) is 0.923. The summed E-state index contributed by atoms with van der Waals surface area (Å²) < 4.78 is 0. The number of Topliss-reactive ketones (excluding diaryl/α,β-unsaturated/α-hetero) is 1. The van der Waals surface area contributed by atoms with Crippen LogP contribution in [0.25, 0.3) is 0 Å². The summed E-state index contributed by atoms with van der Waals surface area (Å²) in [6.07, 6.45) is 6.44. The maximum absolute atomic E-state index is 12.0. The van der Waals surface area contributed by atoms with Gasteiger partial charge in [0.1, 0.15) is 0 Å². The Labute approximate surface area is 93.8 Å². The first-order valence-electron chi connectivity index (χ1n) is 6.25. The van der Waals surface area contributed by atoms with Gasteiger partial charge in [0.05, 0.1) is 5.54 Å². The van der Waals surface area contributed by atoms with E-state index in [1.165, 1.54) is 32.1 Å². The summed E-state index contributed by atoms with van der Waals surface area (Å²) in [5.74, 6) is 0.448. The van der Waals surface area contributed by atoms with Gasteiger partial charge < -0.3 is 5.32 Å². The maximum Gasteiger partial charge on any atom is 0.154 e. The number of ketones is 1. The predicted octanol–water partition coefficient (Wildman–Crippen LogP) is 2.91. The number of hydrogen-bond acceptors (Lipinski definition) is 2. The van der Waals surface area contributed by atoms with Crippen LogP contribution < -0.4 is 5.32 Å². The van der Waals surface area contributed by atoms with Gasteiger partial charge in [-0.2, -0.15) is 0 Å². The van der Waals surface area contributed by atoms with E-state index in [9.17, 15) is 4.79 Å². The summed E-state index contributed by atoms with van der Waals surface area (Å²) in [4.78, 5) is 12.0. The third-order valence-corrected chi connectivity index (χ3v) is 3.31. The first kappa shape index (κ1) is 12.7. The molecule has 0 aromatic heterocycles. The fourth-order valence-corrected chi connectivity index (χ4v) is 2.55. The van der Waals surface area contributed by atoms with Gasteiger partial charge in [-0.05, 0) is 26.7 Å². The minimum atomic E-state index is -0.351. The van der Waals surface area contributed by atoms with E-state index >= 15 is 0 Å². The van der Waals surface area contributed by atoms with E-state index in [0.717, 1.165) is 0 Å². The van der Waals surface area contributed by atoms with E-state index in [2.05, 4.69) is 5.32 Å². The molecule has 2 heteroatoms. The largest absolute Gasteiger partial charge is 0.303 e. The smallest absolute Gasteiger partial charge is 0.154 e. The van der Waals surface area contributed by atoms with Gasteiger partial charge in [0, 0.05) is 12.0 Å². The SMILES string of the molecule is CC(C)C(=O)C(C)(C)NC1CCCCC1. The number of rotatable bonds is 4. The lowest BCUT2D eigenvalue weighted by Gasteiger charge is -2.33. The first-order valence-corrected chi connectivity index (χ1v) is 6.25. The number of carbonyl (C=O) groups excluding carboxylic acids is 1. The second kappa shape index (κ2) is 5.11. The maximum atomic E-state index is 12.0. The second-order valence-electron chi connectivity index (χ2n) is 5.62. The van der Waals surface area contributed by atoms with Crippen LogP contribution in [0, 0.1) is 5.92 Å². The number of nitrogens with one attached hydrogen (secondary N) is 1. The molecule has 0 spiro atoms. The summed E-state index contributed by atoms with van der Waals surface area (Å²) in [5.41, 5.74) is -0.351. The van der Waals surface area contributed by atoms with Gasteiger partial charge in [-0.1, -0.05) is 33.1 Å².